The third-order valence-electron chi connectivity index (χ3n) is 4.72. The summed E-state index contributed by atoms with van der Waals surface area (Å²) < 4.78 is 50.5. The summed E-state index contributed by atoms with van der Waals surface area (Å²) in [7, 11) is 0. The van der Waals surface area contributed by atoms with E-state index in [4.69, 9.17) is 9.26 Å². The van der Waals surface area contributed by atoms with E-state index >= 15 is 0 Å². The van der Waals surface area contributed by atoms with Crippen molar-refractivity contribution >= 4 is 10.9 Å². The first-order valence-corrected chi connectivity index (χ1v) is 8.77. The first kappa shape index (κ1) is 17.8. The summed E-state index contributed by atoms with van der Waals surface area (Å²) in [6.07, 6.45) is 0.269. The number of alkyl halides is 3. The maximum atomic E-state index is 12.7. The molecule has 0 saturated carbocycles. The van der Waals surface area contributed by atoms with E-state index in [0.29, 0.717) is 29.1 Å². The molecule has 0 N–H and O–H groups in total. The Balaban J connectivity index is 1.41. The second-order valence-corrected chi connectivity index (χ2v) is 6.68. The van der Waals surface area contributed by atoms with Crippen LogP contribution in [0.2, 0.25) is 0 Å². The summed E-state index contributed by atoms with van der Waals surface area (Å²) in [4.78, 5) is 6.24. The van der Waals surface area contributed by atoms with Crippen molar-refractivity contribution in [2.24, 2.45) is 0 Å². The highest BCUT2D eigenvalue weighted by Gasteiger charge is 2.29. The molecule has 2 aromatic heterocycles. The quantitative estimate of drug-likeness (QED) is 0.677. The van der Waals surface area contributed by atoms with E-state index in [1.807, 2.05) is 6.07 Å². The Labute approximate surface area is 153 Å². The number of rotatable bonds is 5. The van der Waals surface area contributed by atoms with Gasteiger partial charge in [0.05, 0.1) is 12.1 Å². The van der Waals surface area contributed by atoms with Crippen molar-refractivity contribution in [3.63, 3.8) is 0 Å². The van der Waals surface area contributed by atoms with Gasteiger partial charge in [-0.2, -0.15) is 18.2 Å². The molecule has 0 aliphatic carbocycles. The lowest BCUT2D eigenvalue weighted by Crippen LogP contribution is -2.37. The molecule has 1 aliphatic rings. The predicted octanol–water partition coefficient (Wildman–Crippen LogP) is 3.63. The third-order valence-corrected chi connectivity index (χ3v) is 4.72. The Morgan fingerprint density at radius 2 is 2.00 bits per heavy atom. The molecule has 0 amide bonds. The fraction of sp³-hybridized carbons (Fsp3) is 0.444. The van der Waals surface area contributed by atoms with Crippen LogP contribution in [0.15, 0.2) is 41.3 Å². The predicted molar refractivity (Wildman–Crippen MR) is 91.2 cm³/mol. The molecular weight excluding hydrogens is 361 g/mol. The van der Waals surface area contributed by atoms with Gasteiger partial charge < -0.3 is 13.8 Å². The third kappa shape index (κ3) is 4.24. The van der Waals surface area contributed by atoms with Crippen LogP contribution in [0.1, 0.15) is 18.7 Å². The van der Waals surface area contributed by atoms with Gasteiger partial charge in [0.1, 0.15) is 18.4 Å². The van der Waals surface area contributed by atoms with E-state index in [-0.39, 0.29) is 6.10 Å². The van der Waals surface area contributed by atoms with Crippen LogP contribution in [-0.4, -0.2) is 45.0 Å². The van der Waals surface area contributed by atoms with E-state index in [1.54, 1.807) is 18.2 Å². The summed E-state index contributed by atoms with van der Waals surface area (Å²) in [5.41, 5.74) is 0.527. The van der Waals surface area contributed by atoms with Crippen molar-refractivity contribution in [1.29, 1.82) is 0 Å². The first-order chi connectivity index (χ1) is 13.0. The average Bonchev–Trinajstić information content (AvgIpc) is 3.26. The number of hydrogen-bond donors (Lipinski definition) is 0. The Hall–Kier alpha value is -2.55. The van der Waals surface area contributed by atoms with E-state index in [2.05, 4.69) is 15.0 Å². The molecule has 3 aromatic rings. The largest absolute Gasteiger partial charge is 0.490 e. The summed E-state index contributed by atoms with van der Waals surface area (Å²) >= 11 is 0. The highest BCUT2D eigenvalue weighted by Crippen LogP contribution is 2.31. The lowest BCUT2D eigenvalue weighted by molar-refractivity contribution is -0.139. The van der Waals surface area contributed by atoms with Crippen LogP contribution in [0, 0.1) is 0 Å². The van der Waals surface area contributed by atoms with E-state index < -0.39 is 12.7 Å². The molecule has 27 heavy (non-hydrogen) atoms. The van der Waals surface area contributed by atoms with Gasteiger partial charge in [-0.3, -0.25) is 4.90 Å². The number of aromatic nitrogens is 3. The topological polar surface area (TPSA) is 56.3 Å². The Morgan fingerprint density at radius 1 is 1.19 bits per heavy atom. The van der Waals surface area contributed by atoms with Gasteiger partial charge in [-0.25, -0.2) is 0 Å². The zero-order chi connectivity index (χ0) is 18.9. The first-order valence-electron chi connectivity index (χ1n) is 8.77. The van der Waals surface area contributed by atoms with E-state index in [0.717, 1.165) is 25.9 Å². The highest BCUT2D eigenvalue weighted by atomic mass is 19.4. The normalized spacial score (nSPS) is 16.9. The number of benzene rings is 1. The summed E-state index contributed by atoms with van der Waals surface area (Å²) in [6, 6.07) is 6.91. The lowest BCUT2D eigenvalue weighted by atomic mass is 10.1. The monoisotopic (exact) mass is 380 g/mol. The highest BCUT2D eigenvalue weighted by molar-refractivity contribution is 5.86. The Kier molecular flexibility index (Phi) is 4.77. The summed E-state index contributed by atoms with van der Waals surface area (Å²) in [5, 5.41) is 4.31. The number of fused-ring (bicyclic) bond motifs is 1. The van der Waals surface area contributed by atoms with Gasteiger partial charge in [-0.15, -0.1) is 0 Å². The Morgan fingerprint density at radius 3 is 2.70 bits per heavy atom. The van der Waals surface area contributed by atoms with E-state index in [1.165, 1.54) is 17.1 Å². The number of hydrogen-bond acceptors (Lipinski definition) is 5. The Bertz CT molecular complexity index is 884. The van der Waals surface area contributed by atoms with Crippen LogP contribution in [0.4, 0.5) is 13.2 Å². The van der Waals surface area contributed by atoms with Gasteiger partial charge in [0.15, 0.2) is 6.33 Å². The molecule has 3 heterocycles. The SMILES string of the molecule is FC(F)(F)Cn1ccc2c(OC3CCN(Cc4ncno4)CC3)cccc21. The van der Waals surface area contributed by atoms with Crippen molar-refractivity contribution in [3.8, 4) is 5.75 Å². The van der Waals surface area contributed by atoms with Gasteiger partial charge in [-0.05, 0) is 31.0 Å². The molecule has 9 heteroatoms. The molecule has 1 aromatic carbocycles. The number of piperidine rings is 1. The van der Waals surface area contributed by atoms with Gasteiger partial charge >= 0.3 is 6.18 Å². The molecule has 144 valence electrons. The minimum Gasteiger partial charge on any atom is -0.490 e. The summed E-state index contributed by atoms with van der Waals surface area (Å²) in [5.74, 6) is 1.22. The number of ether oxygens (including phenoxy) is 1. The van der Waals surface area contributed by atoms with Gasteiger partial charge in [0.2, 0.25) is 5.89 Å². The van der Waals surface area contributed by atoms with Crippen molar-refractivity contribution in [1.82, 2.24) is 19.6 Å². The van der Waals surface area contributed by atoms with Crippen LogP contribution in [0.3, 0.4) is 0 Å². The molecule has 0 atom stereocenters. The second-order valence-electron chi connectivity index (χ2n) is 6.68. The van der Waals surface area contributed by atoms with Crippen LogP contribution in [-0.2, 0) is 13.1 Å². The molecular formula is C18H19F3N4O2. The van der Waals surface area contributed by atoms with Crippen LogP contribution in [0.25, 0.3) is 10.9 Å². The van der Waals surface area contributed by atoms with Crippen molar-refractivity contribution in [2.45, 2.75) is 38.2 Å². The van der Waals surface area contributed by atoms with Crippen LogP contribution >= 0.6 is 0 Å². The second kappa shape index (κ2) is 7.22. The fourth-order valence-corrected chi connectivity index (χ4v) is 3.45. The molecule has 6 nitrogen and oxygen atoms in total. The minimum atomic E-state index is -4.26. The van der Waals surface area contributed by atoms with Crippen LogP contribution < -0.4 is 4.74 Å². The van der Waals surface area contributed by atoms with Crippen LogP contribution in [0.5, 0.6) is 5.75 Å². The lowest BCUT2D eigenvalue weighted by Gasteiger charge is -2.31. The summed E-state index contributed by atoms with van der Waals surface area (Å²) in [6.45, 7) is 1.27. The molecule has 0 unspecified atom stereocenters. The molecule has 1 aliphatic heterocycles. The number of halogens is 3. The number of likely N-dealkylation sites (tertiary alicyclic amines) is 1. The van der Waals surface area contributed by atoms with Gasteiger partial charge in [-0.1, -0.05) is 11.2 Å². The van der Waals surface area contributed by atoms with Gasteiger partial charge in [0, 0.05) is 24.7 Å². The maximum absolute atomic E-state index is 12.7. The van der Waals surface area contributed by atoms with Crippen molar-refractivity contribution in [2.75, 3.05) is 13.1 Å². The molecule has 1 saturated heterocycles. The molecule has 4 rings (SSSR count). The average molecular weight is 380 g/mol. The minimum absolute atomic E-state index is 0.0282. The van der Waals surface area contributed by atoms with Crippen molar-refractivity contribution in [3.05, 3.63) is 42.7 Å². The molecule has 0 bridgehead atoms. The fourth-order valence-electron chi connectivity index (χ4n) is 3.45. The molecule has 0 radical (unpaired) electrons. The zero-order valence-electron chi connectivity index (χ0n) is 14.5. The zero-order valence-corrected chi connectivity index (χ0v) is 14.5. The van der Waals surface area contributed by atoms with E-state index in [9.17, 15) is 13.2 Å². The molecule has 1 fully saturated rings. The molecule has 0 spiro atoms. The van der Waals surface area contributed by atoms with Crippen molar-refractivity contribution < 1.29 is 22.4 Å². The van der Waals surface area contributed by atoms with Gasteiger partial charge in [0.25, 0.3) is 0 Å². The maximum Gasteiger partial charge on any atom is 0.406 e. The number of nitrogens with zero attached hydrogens (tertiary/aromatic N) is 4. The smallest absolute Gasteiger partial charge is 0.406 e. The standard InChI is InChI=1S/C18H19F3N4O2/c19-18(20,21)11-25-9-6-14-15(25)2-1-3-16(14)26-13-4-7-24(8-5-13)10-17-22-12-23-27-17/h1-3,6,9,12-13H,4-5,7-8,10-11H2.